The van der Waals surface area contributed by atoms with Crippen LogP contribution in [0.3, 0.4) is 0 Å². The number of rotatable bonds is 9. The van der Waals surface area contributed by atoms with E-state index in [2.05, 4.69) is 15.4 Å². The number of aliphatic carboxylic acids is 1. The summed E-state index contributed by atoms with van der Waals surface area (Å²) in [5.74, 6) is -4.01. The van der Waals surface area contributed by atoms with Gasteiger partial charge in [-0.1, -0.05) is 42.5 Å². The van der Waals surface area contributed by atoms with Crippen molar-refractivity contribution in [1.82, 2.24) is 10.6 Å². The molecule has 0 bridgehead atoms. The summed E-state index contributed by atoms with van der Waals surface area (Å²) in [6.07, 6.45) is -4.38. The van der Waals surface area contributed by atoms with Crippen LogP contribution in [0.25, 0.3) is 5.57 Å². The smallest absolute Gasteiger partial charge is 0.481 e. The number of carbonyl (C=O) groups excluding carboxylic acids is 1. The Bertz CT molecular complexity index is 1080. The summed E-state index contributed by atoms with van der Waals surface area (Å²) in [4.78, 5) is 22.6. The Labute approximate surface area is 191 Å². The van der Waals surface area contributed by atoms with E-state index in [1.165, 1.54) is 12.1 Å². The largest absolute Gasteiger partial charge is 0.573 e. The Kier molecular flexibility index (Phi) is 9.17. The highest BCUT2D eigenvalue weighted by atomic mass is 19.4. The summed E-state index contributed by atoms with van der Waals surface area (Å²) >= 11 is 0. The number of hydrogen-bond acceptors (Lipinski definition) is 3. The molecule has 0 heterocycles. The van der Waals surface area contributed by atoms with E-state index in [0.717, 1.165) is 25.1 Å². The second-order valence-electron chi connectivity index (χ2n) is 6.96. The fourth-order valence-corrected chi connectivity index (χ4v) is 2.90. The van der Waals surface area contributed by atoms with E-state index in [4.69, 9.17) is 5.11 Å². The van der Waals surface area contributed by atoms with E-state index < -0.39 is 46.9 Å². The van der Waals surface area contributed by atoms with Crippen molar-refractivity contribution in [1.29, 1.82) is 0 Å². The number of carboxylic acids is 1. The quantitative estimate of drug-likeness (QED) is 0.335. The lowest BCUT2D eigenvalue weighted by Gasteiger charge is -2.15. The van der Waals surface area contributed by atoms with Gasteiger partial charge in [-0.05, 0) is 30.2 Å². The van der Waals surface area contributed by atoms with Gasteiger partial charge in [0.05, 0.1) is 12.0 Å². The van der Waals surface area contributed by atoms with Crippen LogP contribution in [0.5, 0.6) is 5.75 Å². The third-order valence-electron chi connectivity index (χ3n) is 4.34. The third-order valence-corrected chi connectivity index (χ3v) is 4.34. The van der Waals surface area contributed by atoms with Gasteiger partial charge < -0.3 is 20.5 Å². The van der Waals surface area contributed by atoms with Crippen LogP contribution >= 0.6 is 0 Å². The van der Waals surface area contributed by atoms with Gasteiger partial charge in [-0.15, -0.1) is 13.2 Å². The summed E-state index contributed by atoms with van der Waals surface area (Å²) in [5.41, 5.74) is 0.106. The Hall–Kier alpha value is -3.89. The van der Waals surface area contributed by atoms with Crippen LogP contribution in [0.15, 0.2) is 66.3 Å². The molecule has 34 heavy (non-hydrogen) atoms. The molecule has 11 heteroatoms. The molecule has 3 N–H and O–H groups in total. The molecule has 0 atom stereocenters. The van der Waals surface area contributed by atoms with Crippen molar-refractivity contribution in [2.45, 2.75) is 26.3 Å². The Morgan fingerprint density at radius 1 is 1.00 bits per heavy atom. The van der Waals surface area contributed by atoms with Gasteiger partial charge in [0, 0.05) is 18.7 Å². The first-order valence-electron chi connectivity index (χ1n) is 9.85. The molecule has 0 saturated heterocycles. The number of halogens is 5. The van der Waals surface area contributed by atoms with Crippen LogP contribution in [-0.4, -0.2) is 30.0 Å². The first kappa shape index (κ1) is 26.4. The molecule has 182 valence electrons. The van der Waals surface area contributed by atoms with Crippen molar-refractivity contribution in [3.63, 3.8) is 0 Å². The number of allylic oxidation sites excluding steroid dienone is 3. The van der Waals surface area contributed by atoms with E-state index in [1.54, 1.807) is 24.3 Å². The van der Waals surface area contributed by atoms with Crippen LogP contribution in [0.4, 0.5) is 26.7 Å². The monoisotopic (exact) mass is 484 g/mol. The van der Waals surface area contributed by atoms with E-state index in [0.29, 0.717) is 11.1 Å². The molecule has 2 amide bonds. The van der Waals surface area contributed by atoms with Crippen molar-refractivity contribution in [2.75, 3.05) is 6.54 Å². The van der Waals surface area contributed by atoms with E-state index in [-0.39, 0.29) is 19.5 Å². The summed E-state index contributed by atoms with van der Waals surface area (Å²) in [6, 6.07) is 10.3. The summed E-state index contributed by atoms with van der Waals surface area (Å²) in [6.45, 7) is 0.603. The zero-order valence-corrected chi connectivity index (χ0v) is 17.9. The zero-order chi connectivity index (χ0) is 25.3. The van der Waals surface area contributed by atoms with Gasteiger partial charge in [-0.3, -0.25) is 4.79 Å². The molecule has 0 aliphatic heterocycles. The first-order chi connectivity index (χ1) is 16.0. The molecule has 0 aliphatic rings. The maximum atomic E-state index is 14.7. The number of urea groups is 1. The lowest BCUT2D eigenvalue weighted by atomic mass is 10.0. The minimum absolute atomic E-state index is 0.0995. The second-order valence-corrected chi connectivity index (χ2v) is 6.96. The molecule has 0 spiro atoms. The molecule has 6 nitrogen and oxygen atoms in total. The fraction of sp³-hybridized carbons (Fsp3) is 0.217. The molecular formula is C23H21F5N2O4. The first-order valence-corrected chi connectivity index (χ1v) is 9.85. The average molecular weight is 484 g/mol. The van der Waals surface area contributed by atoms with Gasteiger partial charge in [-0.2, -0.15) is 0 Å². The van der Waals surface area contributed by atoms with E-state index in [1.807, 2.05) is 0 Å². The highest BCUT2D eigenvalue weighted by Gasteiger charge is 2.33. The summed E-state index contributed by atoms with van der Waals surface area (Å²) in [7, 11) is 0. The molecule has 0 saturated carbocycles. The minimum Gasteiger partial charge on any atom is -0.481 e. The number of carbonyl (C=O) groups is 2. The number of ether oxygens (including phenoxy) is 1. The van der Waals surface area contributed by atoms with Crippen LogP contribution in [0.1, 0.15) is 23.6 Å². The topological polar surface area (TPSA) is 87.7 Å². The minimum atomic E-state index is -5.05. The second kappa shape index (κ2) is 11.8. The van der Waals surface area contributed by atoms with Crippen molar-refractivity contribution in [3.05, 3.63) is 83.0 Å². The highest BCUT2D eigenvalue weighted by Crippen LogP contribution is 2.36. The molecule has 0 unspecified atom stereocenters. The molecule has 0 fully saturated rings. The highest BCUT2D eigenvalue weighted by molar-refractivity contribution is 5.82. The van der Waals surface area contributed by atoms with Gasteiger partial charge in [-0.25, -0.2) is 13.6 Å². The maximum Gasteiger partial charge on any atom is 0.573 e. The number of carboxylic acid groups (broad SMARTS) is 1. The molecule has 2 rings (SSSR count). The molecular weight excluding hydrogens is 463 g/mol. The predicted molar refractivity (Wildman–Crippen MR) is 114 cm³/mol. The molecule has 0 radical (unpaired) electrons. The van der Waals surface area contributed by atoms with Crippen LogP contribution in [-0.2, 0) is 17.8 Å². The number of benzene rings is 2. The Balaban J connectivity index is 1.99. The van der Waals surface area contributed by atoms with Crippen molar-refractivity contribution >= 4 is 17.6 Å². The number of alkyl halides is 3. The van der Waals surface area contributed by atoms with Gasteiger partial charge in [0.15, 0.2) is 0 Å². The van der Waals surface area contributed by atoms with Crippen LogP contribution in [0, 0.1) is 0 Å². The normalized spacial score (nSPS) is 12.6. The van der Waals surface area contributed by atoms with Crippen molar-refractivity contribution in [2.24, 2.45) is 0 Å². The number of para-hydroxylation sites is 1. The molecule has 0 aromatic heterocycles. The van der Waals surface area contributed by atoms with Crippen molar-refractivity contribution in [3.8, 4) is 5.75 Å². The average Bonchev–Trinajstić information content (AvgIpc) is 2.73. The van der Waals surface area contributed by atoms with Gasteiger partial charge in [0.2, 0.25) is 0 Å². The standard InChI is InChI=1S/C23H21F5N2O4/c1-14(24)21(17-4-2-3-5-19(17)34-23(26,27)28)18(25)10-11-29-22(33)30-13-16-8-6-15(7-9-16)12-20(31)32/h2-10H,11-13H2,1H3,(H,31,32)(H2,29,30,33)/b18-10+,21-14+. The summed E-state index contributed by atoms with van der Waals surface area (Å²) in [5, 5.41) is 13.6. The van der Waals surface area contributed by atoms with Crippen LogP contribution in [0.2, 0.25) is 0 Å². The SMILES string of the molecule is C/C(F)=C(\C(F)=C/CNC(=O)NCc1ccc(CC(=O)O)cc1)c1ccccc1OC(F)(F)F. The van der Waals surface area contributed by atoms with Crippen molar-refractivity contribution < 1.29 is 41.4 Å². The maximum absolute atomic E-state index is 14.7. The van der Waals surface area contributed by atoms with E-state index >= 15 is 0 Å². The lowest BCUT2D eigenvalue weighted by molar-refractivity contribution is -0.274. The number of amides is 2. The molecule has 2 aromatic carbocycles. The Morgan fingerprint density at radius 2 is 1.62 bits per heavy atom. The third kappa shape index (κ3) is 8.57. The van der Waals surface area contributed by atoms with Crippen LogP contribution < -0.4 is 15.4 Å². The lowest BCUT2D eigenvalue weighted by Crippen LogP contribution is -2.35. The van der Waals surface area contributed by atoms with Gasteiger partial charge in [0.25, 0.3) is 0 Å². The van der Waals surface area contributed by atoms with Gasteiger partial charge in [0.1, 0.15) is 17.4 Å². The zero-order valence-electron chi connectivity index (χ0n) is 17.9. The molecule has 2 aromatic rings. The van der Waals surface area contributed by atoms with E-state index in [9.17, 15) is 31.5 Å². The number of hydrogen-bond donors (Lipinski definition) is 3. The Morgan fingerprint density at radius 3 is 2.21 bits per heavy atom. The fourth-order valence-electron chi connectivity index (χ4n) is 2.90. The molecule has 0 aliphatic carbocycles. The van der Waals surface area contributed by atoms with Gasteiger partial charge >= 0.3 is 18.4 Å². The summed E-state index contributed by atoms with van der Waals surface area (Å²) < 4.78 is 70.4. The number of nitrogens with one attached hydrogen (secondary N) is 2. The predicted octanol–water partition coefficient (Wildman–Crippen LogP) is 5.27.